The van der Waals surface area contributed by atoms with Crippen LogP contribution in [-0.2, 0) is 33.8 Å². The van der Waals surface area contributed by atoms with Gasteiger partial charge in [0.2, 0.25) is 5.91 Å². The molecule has 2 heterocycles. The molecule has 0 fully saturated rings. The van der Waals surface area contributed by atoms with E-state index in [0.717, 1.165) is 33.8 Å². The van der Waals surface area contributed by atoms with Crippen molar-refractivity contribution in [3.05, 3.63) is 76.2 Å². The van der Waals surface area contributed by atoms with Crippen molar-refractivity contribution in [3.63, 3.8) is 0 Å². The molecular formula is C25H24N2O6. The first kappa shape index (κ1) is 22.3. The number of carbonyl (C=O) groups is 3. The molecule has 0 unspecified atom stereocenters. The number of esters is 1. The monoisotopic (exact) mass is 448 g/mol. The Bertz CT molecular complexity index is 1180. The zero-order valence-corrected chi connectivity index (χ0v) is 18.5. The number of carbonyl (C=O) groups excluding carboxylic acids is 3. The van der Waals surface area contributed by atoms with Gasteiger partial charge in [0.25, 0.3) is 0 Å². The van der Waals surface area contributed by atoms with Crippen molar-refractivity contribution in [1.82, 2.24) is 5.16 Å². The van der Waals surface area contributed by atoms with Gasteiger partial charge in [-0.25, -0.2) is 0 Å². The van der Waals surface area contributed by atoms with Crippen molar-refractivity contribution >= 4 is 23.3 Å². The SMILES string of the molecule is Cc1noc(C)c1COc1ccc(CC(=O)OCC(=O)c2ccc3c(c2)CCC(=O)N3)cc1. The number of anilines is 1. The number of nitrogens with one attached hydrogen (secondary N) is 1. The normalized spacial score (nSPS) is 12.6. The van der Waals surface area contributed by atoms with Gasteiger partial charge in [0.1, 0.15) is 18.1 Å². The zero-order valence-electron chi connectivity index (χ0n) is 18.5. The third kappa shape index (κ3) is 5.46. The van der Waals surface area contributed by atoms with E-state index >= 15 is 0 Å². The van der Waals surface area contributed by atoms with Crippen LogP contribution in [0.5, 0.6) is 5.75 Å². The summed E-state index contributed by atoms with van der Waals surface area (Å²) in [7, 11) is 0. The number of benzene rings is 2. The maximum absolute atomic E-state index is 12.4. The third-order valence-electron chi connectivity index (χ3n) is 5.52. The lowest BCUT2D eigenvalue weighted by Gasteiger charge is -2.17. The number of ether oxygens (including phenoxy) is 2. The molecular weight excluding hydrogens is 424 g/mol. The molecule has 0 atom stereocenters. The highest BCUT2D eigenvalue weighted by molar-refractivity contribution is 6.00. The van der Waals surface area contributed by atoms with Crippen molar-refractivity contribution in [2.24, 2.45) is 0 Å². The van der Waals surface area contributed by atoms with E-state index in [0.29, 0.717) is 30.8 Å². The Balaban J connectivity index is 1.26. The number of aryl methyl sites for hydroxylation is 3. The first-order chi connectivity index (χ1) is 15.9. The molecule has 2 aromatic carbocycles. The molecule has 1 amide bonds. The Morgan fingerprint density at radius 3 is 2.61 bits per heavy atom. The molecule has 1 aromatic heterocycles. The van der Waals surface area contributed by atoms with Crippen LogP contribution >= 0.6 is 0 Å². The maximum atomic E-state index is 12.4. The van der Waals surface area contributed by atoms with Crippen LogP contribution in [0.2, 0.25) is 0 Å². The molecule has 1 aliphatic heterocycles. The summed E-state index contributed by atoms with van der Waals surface area (Å²) in [5.41, 5.74) is 4.54. The number of nitrogens with zero attached hydrogens (tertiary/aromatic N) is 1. The number of hydrogen-bond donors (Lipinski definition) is 1. The second kappa shape index (κ2) is 9.68. The number of rotatable bonds is 8. The molecule has 8 nitrogen and oxygen atoms in total. The van der Waals surface area contributed by atoms with Crippen LogP contribution in [0.25, 0.3) is 0 Å². The smallest absolute Gasteiger partial charge is 0.310 e. The minimum absolute atomic E-state index is 0.0319. The summed E-state index contributed by atoms with van der Waals surface area (Å²) in [5, 5.41) is 6.68. The van der Waals surface area contributed by atoms with Gasteiger partial charge in [0.05, 0.1) is 17.7 Å². The van der Waals surface area contributed by atoms with Crippen LogP contribution in [0.4, 0.5) is 5.69 Å². The standard InChI is InChI=1S/C25H24N2O6/c1-15-21(16(2)33-27-15)13-31-20-7-3-17(4-8-20)11-25(30)32-14-23(28)19-5-9-22-18(12-19)6-10-24(29)26-22/h3-5,7-9,12H,6,10-11,13-14H2,1-2H3,(H,26,29). The summed E-state index contributed by atoms with van der Waals surface area (Å²) >= 11 is 0. The van der Waals surface area contributed by atoms with Gasteiger partial charge in [0, 0.05) is 17.7 Å². The molecule has 0 radical (unpaired) electrons. The average Bonchev–Trinajstić information content (AvgIpc) is 3.13. The summed E-state index contributed by atoms with van der Waals surface area (Å²) in [4.78, 5) is 36.1. The summed E-state index contributed by atoms with van der Waals surface area (Å²) in [6.45, 7) is 3.71. The molecule has 8 heteroatoms. The Morgan fingerprint density at radius 1 is 1.09 bits per heavy atom. The predicted molar refractivity (Wildman–Crippen MR) is 119 cm³/mol. The lowest BCUT2D eigenvalue weighted by molar-refractivity contribution is -0.141. The number of hydrogen-bond acceptors (Lipinski definition) is 7. The van der Waals surface area contributed by atoms with E-state index in [1.165, 1.54) is 0 Å². The van der Waals surface area contributed by atoms with Gasteiger partial charge in [0.15, 0.2) is 12.4 Å². The molecule has 3 aromatic rings. The lowest BCUT2D eigenvalue weighted by Crippen LogP contribution is -2.20. The van der Waals surface area contributed by atoms with Gasteiger partial charge in [-0.1, -0.05) is 17.3 Å². The van der Waals surface area contributed by atoms with E-state index in [2.05, 4.69) is 10.5 Å². The van der Waals surface area contributed by atoms with Crippen LogP contribution < -0.4 is 10.1 Å². The Hall–Kier alpha value is -3.94. The van der Waals surface area contributed by atoms with Crippen molar-refractivity contribution in [3.8, 4) is 5.75 Å². The van der Waals surface area contributed by atoms with Gasteiger partial charge in [-0.15, -0.1) is 0 Å². The number of fused-ring (bicyclic) bond motifs is 1. The van der Waals surface area contributed by atoms with E-state index in [1.807, 2.05) is 13.8 Å². The van der Waals surface area contributed by atoms with Gasteiger partial charge in [-0.3, -0.25) is 14.4 Å². The first-order valence-electron chi connectivity index (χ1n) is 10.6. The topological polar surface area (TPSA) is 108 Å². The molecule has 0 bridgehead atoms. The minimum atomic E-state index is -0.488. The highest BCUT2D eigenvalue weighted by Gasteiger charge is 2.17. The minimum Gasteiger partial charge on any atom is -0.489 e. The van der Waals surface area contributed by atoms with E-state index in [-0.39, 0.29) is 24.7 Å². The largest absolute Gasteiger partial charge is 0.489 e. The van der Waals surface area contributed by atoms with E-state index in [9.17, 15) is 14.4 Å². The second-order valence-corrected chi connectivity index (χ2v) is 7.92. The van der Waals surface area contributed by atoms with Gasteiger partial charge in [-0.05, 0) is 61.7 Å². The highest BCUT2D eigenvalue weighted by atomic mass is 16.5. The van der Waals surface area contributed by atoms with Gasteiger partial charge in [-0.2, -0.15) is 0 Å². The number of Topliss-reactive ketones (excluding diaryl/α,β-unsaturated/α-hetero) is 1. The molecule has 0 saturated carbocycles. The van der Waals surface area contributed by atoms with Crippen molar-refractivity contribution in [1.29, 1.82) is 0 Å². The van der Waals surface area contributed by atoms with Crippen LogP contribution in [0.3, 0.4) is 0 Å². The number of ketones is 1. The molecule has 1 aliphatic rings. The summed E-state index contributed by atoms with van der Waals surface area (Å²) in [6.07, 6.45) is 1.02. The number of aromatic nitrogens is 1. The molecule has 33 heavy (non-hydrogen) atoms. The molecule has 170 valence electrons. The quantitative estimate of drug-likeness (QED) is 0.413. The zero-order chi connectivity index (χ0) is 23.4. The van der Waals surface area contributed by atoms with E-state index in [4.69, 9.17) is 14.0 Å². The predicted octanol–water partition coefficient (Wildman–Crippen LogP) is 3.72. The maximum Gasteiger partial charge on any atom is 0.310 e. The first-order valence-corrected chi connectivity index (χ1v) is 10.6. The van der Waals surface area contributed by atoms with Crippen molar-refractivity contribution < 1.29 is 28.4 Å². The molecule has 0 spiro atoms. The highest BCUT2D eigenvalue weighted by Crippen LogP contribution is 2.24. The van der Waals surface area contributed by atoms with Crippen molar-refractivity contribution in [2.45, 2.75) is 39.7 Å². The molecule has 4 rings (SSSR count). The third-order valence-corrected chi connectivity index (χ3v) is 5.52. The Labute approximate surface area is 190 Å². The molecule has 1 N–H and O–H groups in total. The van der Waals surface area contributed by atoms with E-state index in [1.54, 1.807) is 42.5 Å². The van der Waals surface area contributed by atoms with Crippen LogP contribution in [0.15, 0.2) is 47.0 Å². The van der Waals surface area contributed by atoms with Crippen LogP contribution in [0, 0.1) is 13.8 Å². The lowest BCUT2D eigenvalue weighted by atomic mass is 9.99. The van der Waals surface area contributed by atoms with E-state index < -0.39 is 5.97 Å². The van der Waals surface area contributed by atoms with Crippen LogP contribution in [-0.4, -0.2) is 29.4 Å². The fraction of sp³-hybridized carbons (Fsp3) is 0.280. The fourth-order valence-corrected chi connectivity index (χ4v) is 3.57. The Morgan fingerprint density at radius 2 is 1.88 bits per heavy atom. The fourth-order valence-electron chi connectivity index (χ4n) is 3.57. The Kier molecular flexibility index (Phi) is 6.53. The summed E-state index contributed by atoms with van der Waals surface area (Å²) < 4.78 is 16.1. The molecule has 0 aliphatic carbocycles. The second-order valence-electron chi connectivity index (χ2n) is 7.92. The number of amides is 1. The van der Waals surface area contributed by atoms with Gasteiger partial charge < -0.3 is 19.3 Å². The van der Waals surface area contributed by atoms with Crippen molar-refractivity contribution in [2.75, 3.05) is 11.9 Å². The summed E-state index contributed by atoms with van der Waals surface area (Å²) in [6, 6.07) is 12.2. The van der Waals surface area contributed by atoms with Gasteiger partial charge >= 0.3 is 5.97 Å². The summed E-state index contributed by atoms with van der Waals surface area (Å²) in [5.74, 6) is 0.578. The van der Waals surface area contributed by atoms with Crippen LogP contribution in [0.1, 0.15) is 44.9 Å². The average molecular weight is 448 g/mol. The molecule has 0 saturated heterocycles.